The van der Waals surface area contributed by atoms with Crippen molar-refractivity contribution in [2.75, 3.05) is 13.1 Å². The van der Waals surface area contributed by atoms with Gasteiger partial charge in [-0.1, -0.05) is 12.1 Å². The van der Waals surface area contributed by atoms with Gasteiger partial charge in [0.15, 0.2) is 0 Å². The lowest BCUT2D eigenvalue weighted by atomic mass is 10.1. The van der Waals surface area contributed by atoms with Crippen molar-refractivity contribution in [2.24, 2.45) is 0 Å². The molecule has 0 radical (unpaired) electrons. The molecule has 0 fully saturated rings. The van der Waals surface area contributed by atoms with Gasteiger partial charge >= 0.3 is 13.2 Å². The molecule has 2 aromatic rings. The van der Waals surface area contributed by atoms with Crippen molar-refractivity contribution < 1.29 is 36.6 Å². The Morgan fingerprint density at radius 2 is 1.31 bits per heavy atom. The molecule has 0 atom stereocenters. The van der Waals surface area contributed by atoms with Crippen LogP contribution in [0, 0.1) is 0 Å². The molecule has 2 aromatic carbocycles. The van der Waals surface area contributed by atoms with Gasteiger partial charge in [-0.3, -0.25) is 9.59 Å². The van der Waals surface area contributed by atoms with Crippen LogP contribution in [0.1, 0.15) is 15.9 Å². The van der Waals surface area contributed by atoms with Gasteiger partial charge in [-0.25, -0.2) is 0 Å². The summed E-state index contributed by atoms with van der Waals surface area (Å²) < 4.78 is 56.8. The lowest BCUT2D eigenvalue weighted by Crippen LogP contribution is -2.37. The molecule has 2 amide bonds. The van der Waals surface area contributed by atoms with E-state index in [9.17, 15) is 27.2 Å². The number of ether oxygens (including phenoxy) is 2. The first kappa shape index (κ1) is 22.0. The summed E-state index contributed by atoms with van der Waals surface area (Å²) in [5.41, 5.74) is 0.993. The third kappa shape index (κ3) is 8.08. The number of alkyl halides is 4. The summed E-state index contributed by atoms with van der Waals surface area (Å²) in [6.07, 6.45) is 0.459. The predicted octanol–water partition coefficient (Wildman–Crippen LogP) is 2.98. The van der Waals surface area contributed by atoms with Crippen molar-refractivity contribution in [3.63, 3.8) is 0 Å². The molecule has 0 bridgehead atoms. The fourth-order valence-electron chi connectivity index (χ4n) is 2.30. The van der Waals surface area contributed by atoms with Crippen LogP contribution >= 0.6 is 0 Å². The van der Waals surface area contributed by atoms with Gasteiger partial charge in [0.25, 0.3) is 5.91 Å². The molecule has 0 aliphatic heterocycles. The maximum absolute atomic E-state index is 12.1. The van der Waals surface area contributed by atoms with Gasteiger partial charge < -0.3 is 20.1 Å². The predicted molar refractivity (Wildman–Crippen MR) is 95.2 cm³/mol. The van der Waals surface area contributed by atoms with Crippen molar-refractivity contribution in [1.29, 1.82) is 0 Å². The SMILES string of the molecule is O=C(CNC(=O)c1ccc(OC(F)F)cc1)NCCc1ccc(OC(F)F)cc1. The summed E-state index contributed by atoms with van der Waals surface area (Å²) in [5, 5.41) is 5.01. The molecule has 6 nitrogen and oxygen atoms in total. The van der Waals surface area contributed by atoms with Crippen LogP contribution in [0.25, 0.3) is 0 Å². The summed E-state index contributed by atoms with van der Waals surface area (Å²) in [6.45, 7) is -5.83. The Hall–Kier alpha value is -3.30. The van der Waals surface area contributed by atoms with Gasteiger partial charge in [-0.2, -0.15) is 17.6 Å². The molecule has 2 rings (SSSR count). The third-order valence-electron chi connectivity index (χ3n) is 3.64. The van der Waals surface area contributed by atoms with E-state index in [1.165, 1.54) is 36.4 Å². The van der Waals surface area contributed by atoms with E-state index in [1.54, 1.807) is 12.1 Å². The zero-order valence-corrected chi connectivity index (χ0v) is 15.0. The van der Waals surface area contributed by atoms with Crippen molar-refractivity contribution >= 4 is 11.8 Å². The molecule has 0 aliphatic rings. The van der Waals surface area contributed by atoms with E-state index in [0.717, 1.165) is 5.56 Å². The zero-order chi connectivity index (χ0) is 21.2. The van der Waals surface area contributed by atoms with Crippen LogP contribution < -0.4 is 20.1 Å². The molecular weight excluding hydrogens is 396 g/mol. The van der Waals surface area contributed by atoms with Crippen LogP contribution in [0.5, 0.6) is 11.5 Å². The summed E-state index contributed by atoms with van der Waals surface area (Å²) in [5.74, 6) is -1.00. The maximum atomic E-state index is 12.1. The Morgan fingerprint density at radius 1 is 0.793 bits per heavy atom. The molecule has 0 saturated heterocycles. The van der Waals surface area contributed by atoms with Gasteiger partial charge in [0.05, 0.1) is 6.54 Å². The molecule has 29 heavy (non-hydrogen) atoms. The van der Waals surface area contributed by atoms with Gasteiger partial charge in [-0.05, 0) is 48.4 Å². The fraction of sp³-hybridized carbons (Fsp3) is 0.263. The van der Waals surface area contributed by atoms with E-state index in [0.29, 0.717) is 6.42 Å². The molecule has 0 aromatic heterocycles. The van der Waals surface area contributed by atoms with Crippen molar-refractivity contribution in [1.82, 2.24) is 10.6 Å². The molecule has 10 heteroatoms. The number of hydrogen-bond donors (Lipinski definition) is 2. The van der Waals surface area contributed by atoms with Crippen LogP contribution in [0.4, 0.5) is 17.6 Å². The smallest absolute Gasteiger partial charge is 0.387 e. The standard InChI is InChI=1S/C19H18F4N2O4/c20-18(21)28-14-5-1-12(2-6-14)9-10-24-16(26)11-25-17(27)13-3-7-15(8-4-13)29-19(22)23/h1-8,18-19H,9-11H2,(H,24,26)(H,25,27). The quantitative estimate of drug-likeness (QED) is 0.586. The Labute approximate surface area is 163 Å². The second-order valence-electron chi connectivity index (χ2n) is 5.71. The number of carbonyl (C=O) groups is 2. The van der Waals surface area contributed by atoms with Gasteiger partial charge in [0.2, 0.25) is 5.91 Å². The number of amides is 2. The molecule has 0 aliphatic carbocycles. The Balaban J connectivity index is 1.69. The number of halogens is 4. The highest BCUT2D eigenvalue weighted by atomic mass is 19.3. The molecule has 2 N–H and O–H groups in total. The summed E-state index contributed by atoms with van der Waals surface area (Å²) in [6, 6.07) is 11.1. The van der Waals surface area contributed by atoms with E-state index in [1.807, 2.05) is 0 Å². The van der Waals surface area contributed by atoms with Crippen LogP contribution in [0.3, 0.4) is 0 Å². The first-order valence-corrected chi connectivity index (χ1v) is 8.47. The third-order valence-corrected chi connectivity index (χ3v) is 3.64. The zero-order valence-electron chi connectivity index (χ0n) is 15.0. The monoisotopic (exact) mass is 414 g/mol. The van der Waals surface area contributed by atoms with E-state index < -0.39 is 25.0 Å². The average Bonchev–Trinajstić information content (AvgIpc) is 2.67. The normalized spacial score (nSPS) is 10.7. The molecular formula is C19H18F4N2O4. The first-order chi connectivity index (χ1) is 13.8. The second kappa shape index (κ2) is 10.9. The van der Waals surface area contributed by atoms with Crippen molar-refractivity contribution in [3.8, 4) is 11.5 Å². The summed E-state index contributed by atoms with van der Waals surface area (Å²) in [4.78, 5) is 23.7. The topological polar surface area (TPSA) is 76.7 Å². The molecule has 0 saturated carbocycles. The minimum Gasteiger partial charge on any atom is -0.435 e. The number of carbonyl (C=O) groups excluding carboxylic acids is 2. The van der Waals surface area contributed by atoms with E-state index >= 15 is 0 Å². The van der Waals surface area contributed by atoms with E-state index in [-0.39, 0.29) is 30.2 Å². The van der Waals surface area contributed by atoms with E-state index in [4.69, 9.17) is 0 Å². The highest BCUT2D eigenvalue weighted by Crippen LogP contribution is 2.15. The van der Waals surface area contributed by atoms with Crippen molar-refractivity contribution in [2.45, 2.75) is 19.6 Å². The highest BCUT2D eigenvalue weighted by Gasteiger charge is 2.10. The molecule has 156 valence electrons. The van der Waals surface area contributed by atoms with Gasteiger partial charge in [0, 0.05) is 12.1 Å². The number of benzene rings is 2. The average molecular weight is 414 g/mol. The Bertz CT molecular complexity index is 799. The minimum absolute atomic E-state index is 0.0456. The first-order valence-electron chi connectivity index (χ1n) is 8.47. The van der Waals surface area contributed by atoms with E-state index in [2.05, 4.69) is 20.1 Å². The summed E-state index contributed by atoms with van der Waals surface area (Å²) in [7, 11) is 0. The molecule has 0 heterocycles. The Morgan fingerprint density at radius 3 is 1.83 bits per heavy atom. The van der Waals surface area contributed by atoms with Gasteiger partial charge in [0.1, 0.15) is 11.5 Å². The van der Waals surface area contributed by atoms with Crippen LogP contribution in [-0.4, -0.2) is 38.1 Å². The number of rotatable bonds is 10. The largest absolute Gasteiger partial charge is 0.435 e. The lowest BCUT2D eigenvalue weighted by molar-refractivity contribution is -0.120. The second-order valence-corrected chi connectivity index (χ2v) is 5.71. The van der Waals surface area contributed by atoms with Crippen LogP contribution in [0.15, 0.2) is 48.5 Å². The fourth-order valence-corrected chi connectivity index (χ4v) is 2.30. The summed E-state index contributed by atoms with van der Waals surface area (Å²) >= 11 is 0. The minimum atomic E-state index is -2.96. The number of nitrogens with one attached hydrogen (secondary N) is 2. The maximum Gasteiger partial charge on any atom is 0.387 e. The van der Waals surface area contributed by atoms with Crippen LogP contribution in [-0.2, 0) is 11.2 Å². The Kier molecular flexibility index (Phi) is 8.26. The number of hydrogen-bond acceptors (Lipinski definition) is 4. The highest BCUT2D eigenvalue weighted by molar-refractivity contribution is 5.96. The molecule has 0 spiro atoms. The molecule has 0 unspecified atom stereocenters. The van der Waals surface area contributed by atoms with Gasteiger partial charge in [-0.15, -0.1) is 0 Å². The van der Waals surface area contributed by atoms with Crippen molar-refractivity contribution in [3.05, 3.63) is 59.7 Å². The lowest BCUT2D eigenvalue weighted by Gasteiger charge is -2.09. The van der Waals surface area contributed by atoms with Crippen LogP contribution in [0.2, 0.25) is 0 Å².